The summed E-state index contributed by atoms with van der Waals surface area (Å²) in [6, 6.07) is 6.16. The number of benzene rings is 1. The molecule has 1 aromatic carbocycles. The minimum Gasteiger partial charge on any atom is -0.381 e. The van der Waals surface area contributed by atoms with E-state index >= 15 is 0 Å². The number of carbonyl (C=O) groups is 1. The molecule has 0 aliphatic carbocycles. The van der Waals surface area contributed by atoms with Crippen molar-refractivity contribution >= 4 is 11.6 Å². The van der Waals surface area contributed by atoms with Crippen molar-refractivity contribution in [3.63, 3.8) is 0 Å². The number of hydrogen-bond donors (Lipinski definition) is 2. The molecule has 1 fully saturated rings. The average molecular weight is 305 g/mol. The van der Waals surface area contributed by atoms with E-state index < -0.39 is 0 Å². The van der Waals surface area contributed by atoms with Crippen LogP contribution in [0.3, 0.4) is 0 Å². The predicted octanol–water partition coefficient (Wildman–Crippen LogP) is 1.68. The Morgan fingerprint density at radius 3 is 2.91 bits per heavy atom. The van der Waals surface area contributed by atoms with Gasteiger partial charge >= 0.3 is 0 Å². The van der Waals surface area contributed by atoms with Gasteiger partial charge < -0.3 is 15.8 Å². The Kier molecular flexibility index (Phi) is 5.94. The lowest BCUT2D eigenvalue weighted by Gasteiger charge is -2.37. The fraction of sp³-hybridized carbons (Fsp3) is 0.588. The number of nitrogens with two attached hydrogens (primary N) is 1. The van der Waals surface area contributed by atoms with Crippen molar-refractivity contribution in [3.05, 3.63) is 29.3 Å². The monoisotopic (exact) mass is 305 g/mol. The van der Waals surface area contributed by atoms with Gasteiger partial charge in [0.2, 0.25) is 5.91 Å². The lowest BCUT2D eigenvalue weighted by Crippen LogP contribution is -2.51. The molecule has 5 heteroatoms. The summed E-state index contributed by atoms with van der Waals surface area (Å²) in [5.41, 5.74) is 9.04. The lowest BCUT2D eigenvalue weighted by molar-refractivity contribution is -0.118. The molecule has 1 saturated heterocycles. The number of likely N-dealkylation sites (tertiary alicyclic amines) is 1. The number of amides is 1. The highest BCUT2D eigenvalue weighted by molar-refractivity contribution is 5.93. The summed E-state index contributed by atoms with van der Waals surface area (Å²) in [5.74, 6) is 0.0167. The summed E-state index contributed by atoms with van der Waals surface area (Å²) in [5, 5.41) is 3.02. The normalized spacial score (nSPS) is 22.5. The molecule has 1 aliphatic rings. The zero-order valence-electron chi connectivity index (χ0n) is 13.8. The summed E-state index contributed by atoms with van der Waals surface area (Å²) >= 11 is 0. The van der Waals surface area contributed by atoms with Crippen molar-refractivity contribution in [1.29, 1.82) is 0 Å². The number of aryl methyl sites for hydroxylation is 1. The van der Waals surface area contributed by atoms with Crippen molar-refractivity contribution in [2.24, 2.45) is 5.73 Å². The molecule has 1 aromatic rings. The fourth-order valence-corrected chi connectivity index (χ4v) is 2.99. The van der Waals surface area contributed by atoms with Crippen molar-refractivity contribution < 1.29 is 9.53 Å². The molecule has 0 spiro atoms. The molecule has 0 aromatic heterocycles. The molecule has 0 radical (unpaired) electrons. The molecule has 1 aliphatic heterocycles. The van der Waals surface area contributed by atoms with E-state index in [1.807, 2.05) is 32.0 Å². The first kappa shape index (κ1) is 16.9. The second kappa shape index (κ2) is 7.72. The third kappa shape index (κ3) is 4.06. The van der Waals surface area contributed by atoms with Crippen LogP contribution in [0.5, 0.6) is 0 Å². The smallest absolute Gasteiger partial charge is 0.238 e. The highest BCUT2D eigenvalue weighted by atomic mass is 16.5. The van der Waals surface area contributed by atoms with Crippen LogP contribution in [0.15, 0.2) is 18.2 Å². The largest absolute Gasteiger partial charge is 0.381 e. The van der Waals surface area contributed by atoms with E-state index in [2.05, 4.69) is 10.2 Å². The number of methoxy groups -OCH3 is 1. The minimum absolute atomic E-state index is 0.0167. The molecule has 1 amide bonds. The van der Waals surface area contributed by atoms with E-state index in [9.17, 15) is 4.79 Å². The number of hydrogen-bond acceptors (Lipinski definition) is 4. The fourth-order valence-electron chi connectivity index (χ4n) is 2.99. The van der Waals surface area contributed by atoms with Crippen LogP contribution in [0.25, 0.3) is 0 Å². The maximum absolute atomic E-state index is 12.3. The van der Waals surface area contributed by atoms with E-state index in [0.29, 0.717) is 13.1 Å². The van der Waals surface area contributed by atoms with Gasteiger partial charge in [-0.05, 0) is 43.9 Å². The Bertz CT molecular complexity index is 519. The second-order valence-corrected chi connectivity index (χ2v) is 6.04. The number of nitrogens with zero attached hydrogens (tertiary/aromatic N) is 1. The van der Waals surface area contributed by atoms with Crippen LogP contribution in [0.1, 0.15) is 24.0 Å². The van der Waals surface area contributed by atoms with Gasteiger partial charge in [0, 0.05) is 31.9 Å². The van der Waals surface area contributed by atoms with Gasteiger partial charge in [-0.1, -0.05) is 12.1 Å². The van der Waals surface area contributed by atoms with E-state index in [1.165, 1.54) is 5.56 Å². The molecule has 1 heterocycles. The number of carbonyl (C=O) groups excluding carboxylic acids is 1. The van der Waals surface area contributed by atoms with Crippen LogP contribution in [0, 0.1) is 13.8 Å². The van der Waals surface area contributed by atoms with Crippen LogP contribution in [-0.4, -0.2) is 49.7 Å². The highest BCUT2D eigenvalue weighted by Gasteiger charge is 2.28. The van der Waals surface area contributed by atoms with Crippen molar-refractivity contribution in [3.8, 4) is 0 Å². The number of rotatable bonds is 5. The third-order valence-electron chi connectivity index (χ3n) is 4.62. The van der Waals surface area contributed by atoms with Crippen LogP contribution in [-0.2, 0) is 9.53 Å². The molecule has 122 valence electrons. The van der Waals surface area contributed by atoms with Crippen LogP contribution in [0.2, 0.25) is 0 Å². The highest BCUT2D eigenvalue weighted by Crippen LogP contribution is 2.20. The molecular weight excluding hydrogens is 278 g/mol. The maximum atomic E-state index is 12.3. The Hall–Kier alpha value is -1.43. The second-order valence-electron chi connectivity index (χ2n) is 6.04. The van der Waals surface area contributed by atoms with E-state index in [4.69, 9.17) is 10.5 Å². The lowest BCUT2D eigenvalue weighted by atomic mass is 9.99. The van der Waals surface area contributed by atoms with Gasteiger partial charge in [-0.2, -0.15) is 0 Å². The molecular formula is C17H27N3O2. The summed E-state index contributed by atoms with van der Waals surface area (Å²) in [6.45, 7) is 5.85. The van der Waals surface area contributed by atoms with Gasteiger partial charge in [-0.25, -0.2) is 0 Å². The molecule has 5 nitrogen and oxygen atoms in total. The van der Waals surface area contributed by atoms with E-state index in [0.717, 1.165) is 30.6 Å². The van der Waals surface area contributed by atoms with Crippen molar-refractivity contribution in [2.45, 2.75) is 38.8 Å². The molecule has 2 rings (SSSR count). The Labute approximate surface area is 132 Å². The molecule has 0 saturated carbocycles. The first-order chi connectivity index (χ1) is 10.5. The SMILES string of the molecule is COC1CCN(CC(=O)Nc2cccc(C)c2C)C(CN)C1. The van der Waals surface area contributed by atoms with Crippen LogP contribution in [0.4, 0.5) is 5.69 Å². The molecule has 22 heavy (non-hydrogen) atoms. The summed E-state index contributed by atoms with van der Waals surface area (Å²) in [4.78, 5) is 14.5. The molecule has 3 N–H and O–H groups in total. The third-order valence-corrected chi connectivity index (χ3v) is 4.62. The number of anilines is 1. The summed E-state index contributed by atoms with van der Waals surface area (Å²) in [6.07, 6.45) is 2.10. The van der Waals surface area contributed by atoms with Gasteiger partial charge in [0.05, 0.1) is 12.6 Å². The topological polar surface area (TPSA) is 67.6 Å². The quantitative estimate of drug-likeness (QED) is 0.868. The summed E-state index contributed by atoms with van der Waals surface area (Å²) in [7, 11) is 1.74. The number of piperidine rings is 1. The van der Waals surface area contributed by atoms with Crippen LogP contribution >= 0.6 is 0 Å². The molecule has 2 atom stereocenters. The Morgan fingerprint density at radius 2 is 2.23 bits per heavy atom. The standard InChI is InChI=1S/C17H27N3O2/c1-12-5-4-6-16(13(12)2)19-17(21)11-20-8-7-15(22-3)9-14(20)10-18/h4-6,14-15H,7-11,18H2,1-3H3,(H,19,21). The molecule has 2 unspecified atom stereocenters. The van der Waals surface area contributed by atoms with Gasteiger partial charge in [0.25, 0.3) is 0 Å². The minimum atomic E-state index is 0.0167. The zero-order chi connectivity index (χ0) is 16.1. The zero-order valence-corrected chi connectivity index (χ0v) is 13.8. The average Bonchev–Trinajstić information content (AvgIpc) is 2.52. The maximum Gasteiger partial charge on any atom is 0.238 e. The van der Waals surface area contributed by atoms with Crippen molar-refractivity contribution in [2.75, 3.05) is 32.1 Å². The summed E-state index contributed by atoms with van der Waals surface area (Å²) < 4.78 is 5.42. The van der Waals surface area contributed by atoms with E-state index in [-0.39, 0.29) is 18.1 Å². The van der Waals surface area contributed by atoms with Gasteiger partial charge in [0.15, 0.2) is 0 Å². The predicted molar refractivity (Wildman–Crippen MR) is 89.0 cm³/mol. The van der Waals surface area contributed by atoms with Gasteiger partial charge in [0.1, 0.15) is 0 Å². The Morgan fingerprint density at radius 1 is 1.45 bits per heavy atom. The first-order valence-electron chi connectivity index (χ1n) is 7.88. The first-order valence-corrected chi connectivity index (χ1v) is 7.88. The number of ether oxygens (including phenoxy) is 1. The molecule has 0 bridgehead atoms. The van der Waals surface area contributed by atoms with E-state index in [1.54, 1.807) is 7.11 Å². The van der Waals surface area contributed by atoms with Crippen LogP contribution < -0.4 is 11.1 Å². The van der Waals surface area contributed by atoms with Gasteiger partial charge in [-0.15, -0.1) is 0 Å². The van der Waals surface area contributed by atoms with Crippen molar-refractivity contribution in [1.82, 2.24) is 4.90 Å². The van der Waals surface area contributed by atoms with Gasteiger partial charge in [-0.3, -0.25) is 9.69 Å². The number of nitrogens with one attached hydrogen (secondary N) is 1. The Balaban J connectivity index is 1.95.